The molecule has 1 aromatic carbocycles. The molecule has 0 unspecified atom stereocenters. The van der Waals surface area contributed by atoms with Crippen LogP contribution < -0.4 is 5.32 Å². The molecule has 1 amide bonds. The van der Waals surface area contributed by atoms with Crippen LogP contribution in [0.1, 0.15) is 28.8 Å². The van der Waals surface area contributed by atoms with E-state index < -0.39 is 0 Å². The Morgan fingerprint density at radius 2 is 2.28 bits per heavy atom. The minimum absolute atomic E-state index is 0.0381. The van der Waals surface area contributed by atoms with Crippen molar-refractivity contribution in [2.24, 2.45) is 5.92 Å². The molecule has 2 rings (SSSR count). The number of rotatable bonds is 6. The molecule has 0 saturated heterocycles. The van der Waals surface area contributed by atoms with Crippen LogP contribution in [0.25, 0.3) is 0 Å². The first-order valence-electron chi connectivity index (χ1n) is 6.29. The number of carbonyl (C=O) groups is 1. The molecular formula is C14H18BrNO2. The van der Waals surface area contributed by atoms with Crippen LogP contribution in [0.3, 0.4) is 0 Å². The van der Waals surface area contributed by atoms with Crippen LogP contribution >= 0.6 is 15.9 Å². The molecule has 4 heteroatoms. The third-order valence-corrected chi connectivity index (χ3v) is 3.52. The fourth-order valence-electron chi connectivity index (χ4n) is 1.71. The SMILES string of the molecule is Cc1ccc(Br)cc1C(=O)NCCOCC1CC1. The highest BCUT2D eigenvalue weighted by Crippen LogP contribution is 2.28. The summed E-state index contributed by atoms with van der Waals surface area (Å²) in [6.07, 6.45) is 2.59. The van der Waals surface area contributed by atoms with Gasteiger partial charge in [0.2, 0.25) is 0 Å². The molecule has 1 aliphatic rings. The van der Waals surface area contributed by atoms with Gasteiger partial charge in [-0.15, -0.1) is 0 Å². The number of ether oxygens (including phenoxy) is 1. The Balaban J connectivity index is 1.74. The average molecular weight is 312 g/mol. The minimum atomic E-state index is -0.0381. The largest absolute Gasteiger partial charge is 0.379 e. The Bertz CT molecular complexity index is 430. The zero-order valence-corrected chi connectivity index (χ0v) is 12.1. The van der Waals surface area contributed by atoms with Crippen molar-refractivity contribution in [2.75, 3.05) is 19.8 Å². The summed E-state index contributed by atoms with van der Waals surface area (Å²) in [6.45, 7) is 3.93. The van der Waals surface area contributed by atoms with Gasteiger partial charge in [0.05, 0.1) is 6.61 Å². The second kappa shape index (κ2) is 6.34. The van der Waals surface area contributed by atoms with Crippen molar-refractivity contribution in [3.8, 4) is 0 Å². The van der Waals surface area contributed by atoms with Crippen molar-refractivity contribution in [1.29, 1.82) is 0 Å². The van der Waals surface area contributed by atoms with Gasteiger partial charge in [-0.25, -0.2) is 0 Å². The van der Waals surface area contributed by atoms with E-state index in [9.17, 15) is 4.79 Å². The van der Waals surface area contributed by atoms with E-state index in [2.05, 4.69) is 21.2 Å². The number of amides is 1. The standard InChI is InChI=1S/C14H18BrNO2/c1-10-2-5-12(15)8-13(10)14(17)16-6-7-18-9-11-3-4-11/h2,5,8,11H,3-4,6-7,9H2,1H3,(H,16,17). The Kier molecular flexibility index (Phi) is 4.78. The molecule has 0 aliphatic heterocycles. The van der Waals surface area contributed by atoms with Crippen LogP contribution in [0.15, 0.2) is 22.7 Å². The van der Waals surface area contributed by atoms with Crippen LogP contribution in [0.4, 0.5) is 0 Å². The molecule has 0 spiro atoms. The van der Waals surface area contributed by atoms with Crippen LogP contribution in [-0.2, 0) is 4.74 Å². The fraction of sp³-hybridized carbons (Fsp3) is 0.500. The Hall–Kier alpha value is -0.870. The van der Waals surface area contributed by atoms with E-state index in [0.717, 1.165) is 22.6 Å². The quantitative estimate of drug-likeness (QED) is 0.820. The van der Waals surface area contributed by atoms with Gasteiger partial charge in [-0.3, -0.25) is 4.79 Å². The zero-order valence-electron chi connectivity index (χ0n) is 10.5. The molecule has 0 radical (unpaired) electrons. The lowest BCUT2D eigenvalue weighted by Gasteiger charge is -2.08. The van der Waals surface area contributed by atoms with Crippen LogP contribution in [0.2, 0.25) is 0 Å². The second-order valence-corrected chi connectivity index (χ2v) is 5.65. The van der Waals surface area contributed by atoms with Crippen molar-refractivity contribution in [3.63, 3.8) is 0 Å². The highest BCUT2D eigenvalue weighted by Gasteiger charge is 2.20. The van der Waals surface area contributed by atoms with Crippen molar-refractivity contribution in [3.05, 3.63) is 33.8 Å². The maximum atomic E-state index is 11.9. The van der Waals surface area contributed by atoms with E-state index in [1.807, 2.05) is 25.1 Å². The van der Waals surface area contributed by atoms with Crippen molar-refractivity contribution < 1.29 is 9.53 Å². The third-order valence-electron chi connectivity index (χ3n) is 3.03. The van der Waals surface area contributed by atoms with E-state index >= 15 is 0 Å². The van der Waals surface area contributed by atoms with E-state index in [0.29, 0.717) is 18.7 Å². The average Bonchev–Trinajstić information content (AvgIpc) is 3.15. The normalized spacial score (nSPS) is 14.6. The van der Waals surface area contributed by atoms with Crippen molar-refractivity contribution in [2.45, 2.75) is 19.8 Å². The predicted octanol–water partition coefficient (Wildman–Crippen LogP) is 2.91. The van der Waals surface area contributed by atoms with Crippen LogP contribution in [0.5, 0.6) is 0 Å². The first-order chi connectivity index (χ1) is 8.66. The van der Waals surface area contributed by atoms with Crippen LogP contribution in [-0.4, -0.2) is 25.7 Å². The van der Waals surface area contributed by atoms with Gasteiger partial charge in [-0.2, -0.15) is 0 Å². The maximum Gasteiger partial charge on any atom is 0.251 e. The van der Waals surface area contributed by atoms with E-state index in [4.69, 9.17) is 4.74 Å². The molecule has 1 fully saturated rings. The molecule has 98 valence electrons. The first-order valence-corrected chi connectivity index (χ1v) is 7.08. The summed E-state index contributed by atoms with van der Waals surface area (Å²) >= 11 is 3.38. The maximum absolute atomic E-state index is 11.9. The fourth-order valence-corrected chi connectivity index (χ4v) is 2.07. The summed E-state index contributed by atoms with van der Waals surface area (Å²) in [5.74, 6) is 0.733. The number of benzene rings is 1. The number of hydrogen-bond donors (Lipinski definition) is 1. The number of halogens is 1. The summed E-state index contributed by atoms with van der Waals surface area (Å²) in [5, 5.41) is 2.88. The smallest absolute Gasteiger partial charge is 0.251 e. The molecular weight excluding hydrogens is 294 g/mol. The summed E-state index contributed by atoms with van der Waals surface area (Å²) in [4.78, 5) is 11.9. The van der Waals surface area contributed by atoms with Crippen molar-refractivity contribution >= 4 is 21.8 Å². The number of carbonyl (C=O) groups excluding carboxylic acids is 1. The molecule has 0 bridgehead atoms. The van der Waals surface area contributed by atoms with Gasteiger partial charge in [0.25, 0.3) is 5.91 Å². The Morgan fingerprint density at radius 1 is 1.50 bits per heavy atom. The van der Waals surface area contributed by atoms with Gasteiger partial charge in [0.1, 0.15) is 0 Å². The monoisotopic (exact) mass is 311 g/mol. The zero-order chi connectivity index (χ0) is 13.0. The van der Waals surface area contributed by atoms with Crippen LogP contribution in [0, 0.1) is 12.8 Å². The number of nitrogens with one attached hydrogen (secondary N) is 1. The van der Waals surface area contributed by atoms with Gasteiger partial charge >= 0.3 is 0 Å². The third kappa shape index (κ3) is 4.10. The minimum Gasteiger partial charge on any atom is -0.379 e. The van der Waals surface area contributed by atoms with E-state index in [-0.39, 0.29) is 5.91 Å². The highest BCUT2D eigenvalue weighted by molar-refractivity contribution is 9.10. The molecule has 1 aromatic rings. The van der Waals surface area contributed by atoms with E-state index in [1.165, 1.54) is 12.8 Å². The lowest BCUT2D eigenvalue weighted by molar-refractivity contribution is 0.0906. The summed E-state index contributed by atoms with van der Waals surface area (Å²) in [5.41, 5.74) is 1.70. The van der Waals surface area contributed by atoms with Gasteiger partial charge in [0.15, 0.2) is 0 Å². The lowest BCUT2D eigenvalue weighted by Crippen LogP contribution is -2.28. The predicted molar refractivity (Wildman–Crippen MR) is 74.8 cm³/mol. The molecule has 0 aromatic heterocycles. The molecule has 1 N–H and O–H groups in total. The molecule has 0 heterocycles. The second-order valence-electron chi connectivity index (χ2n) is 4.73. The van der Waals surface area contributed by atoms with Gasteiger partial charge in [-0.1, -0.05) is 22.0 Å². The molecule has 1 aliphatic carbocycles. The van der Waals surface area contributed by atoms with Gasteiger partial charge in [-0.05, 0) is 43.4 Å². The number of aryl methyl sites for hydroxylation is 1. The topological polar surface area (TPSA) is 38.3 Å². The van der Waals surface area contributed by atoms with E-state index in [1.54, 1.807) is 0 Å². The number of hydrogen-bond acceptors (Lipinski definition) is 2. The lowest BCUT2D eigenvalue weighted by atomic mass is 10.1. The summed E-state index contributed by atoms with van der Waals surface area (Å²) in [7, 11) is 0. The summed E-state index contributed by atoms with van der Waals surface area (Å²) < 4.78 is 6.39. The van der Waals surface area contributed by atoms with Gasteiger partial charge in [0, 0.05) is 23.2 Å². The molecule has 3 nitrogen and oxygen atoms in total. The molecule has 0 atom stereocenters. The molecule has 1 saturated carbocycles. The van der Waals surface area contributed by atoms with Gasteiger partial charge < -0.3 is 10.1 Å². The Labute approximate surface area is 116 Å². The van der Waals surface area contributed by atoms with Crippen molar-refractivity contribution in [1.82, 2.24) is 5.32 Å². The summed E-state index contributed by atoms with van der Waals surface area (Å²) in [6, 6.07) is 5.71. The molecule has 18 heavy (non-hydrogen) atoms. The Morgan fingerprint density at radius 3 is 3.00 bits per heavy atom. The first kappa shape index (κ1) is 13.6. The highest BCUT2D eigenvalue weighted by atomic mass is 79.9.